The van der Waals surface area contributed by atoms with Gasteiger partial charge in [-0.05, 0) is 62.4 Å². The molecule has 2 aromatic rings. The van der Waals surface area contributed by atoms with Gasteiger partial charge in [0.15, 0.2) is 5.78 Å². The molecule has 2 unspecified atom stereocenters. The monoisotopic (exact) mass is 418 g/mol. The van der Waals surface area contributed by atoms with Crippen LogP contribution in [0, 0.1) is 0 Å². The molecule has 2 aromatic carbocycles. The molecule has 2 atom stereocenters. The molecular formula is C21H26N2O5S. The third kappa shape index (κ3) is 5.14. The third-order valence-corrected chi connectivity index (χ3v) is 6.59. The number of Topliss-reactive ketones (excluding diaryl/α,β-unsaturated/α-hetero) is 1. The molecule has 0 aromatic heterocycles. The van der Waals surface area contributed by atoms with Gasteiger partial charge in [0.1, 0.15) is 5.75 Å². The van der Waals surface area contributed by atoms with Gasteiger partial charge >= 0.3 is 0 Å². The molecule has 1 saturated heterocycles. The van der Waals surface area contributed by atoms with E-state index < -0.39 is 10.0 Å². The molecule has 3 rings (SSSR count). The summed E-state index contributed by atoms with van der Waals surface area (Å²) in [6.45, 7) is 4.51. The zero-order valence-corrected chi connectivity index (χ0v) is 17.6. The summed E-state index contributed by atoms with van der Waals surface area (Å²) < 4.78 is 37.9. The fourth-order valence-corrected chi connectivity index (χ4v) is 4.87. The van der Waals surface area contributed by atoms with Crippen LogP contribution in [-0.4, -0.2) is 57.5 Å². The topological polar surface area (TPSA) is 84.9 Å². The number of ether oxygens (including phenoxy) is 2. The number of rotatable bonds is 7. The maximum absolute atomic E-state index is 12.9. The van der Waals surface area contributed by atoms with E-state index in [4.69, 9.17) is 9.47 Å². The Kier molecular flexibility index (Phi) is 6.56. The van der Waals surface area contributed by atoms with Gasteiger partial charge in [-0.15, -0.1) is 0 Å². The van der Waals surface area contributed by atoms with Crippen molar-refractivity contribution in [3.05, 3.63) is 54.1 Å². The van der Waals surface area contributed by atoms with E-state index in [1.54, 1.807) is 55.6 Å². The van der Waals surface area contributed by atoms with E-state index in [1.165, 1.54) is 4.31 Å². The summed E-state index contributed by atoms with van der Waals surface area (Å²) in [6, 6.07) is 13.3. The van der Waals surface area contributed by atoms with Gasteiger partial charge in [0.25, 0.3) is 0 Å². The number of ketones is 1. The van der Waals surface area contributed by atoms with Crippen molar-refractivity contribution in [1.82, 2.24) is 4.31 Å². The van der Waals surface area contributed by atoms with Crippen molar-refractivity contribution in [2.75, 3.05) is 32.1 Å². The summed E-state index contributed by atoms with van der Waals surface area (Å²) in [5, 5.41) is 3.03. The number of methoxy groups -OCH3 is 1. The predicted octanol–water partition coefficient (Wildman–Crippen LogP) is 2.79. The second-order valence-electron chi connectivity index (χ2n) is 7.11. The van der Waals surface area contributed by atoms with Crippen LogP contribution >= 0.6 is 0 Å². The van der Waals surface area contributed by atoms with Crippen LogP contribution in [0.4, 0.5) is 5.69 Å². The van der Waals surface area contributed by atoms with Crippen LogP contribution < -0.4 is 10.1 Å². The van der Waals surface area contributed by atoms with Crippen molar-refractivity contribution >= 4 is 21.5 Å². The summed E-state index contributed by atoms with van der Waals surface area (Å²) in [6.07, 6.45) is -0.281. The number of sulfonamides is 1. The average Bonchev–Trinajstić information content (AvgIpc) is 2.71. The molecule has 1 heterocycles. The summed E-state index contributed by atoms with van der Waals surface area (Å²) >= 11 is 0. The fourth-order valence-electron chi connectivity index (χ4n) is 3.28. The van der Waals surface area contributed by atoms with Crippen molar-refractivity contribution in [3.63, 3.8) is 0 Å². The normalized spacial score (nSPS) is 20.2. The maximum atomic E-state index is 12.9. The SMILES string of the molecule is COc1ccc(C(=O)CNc2ccc(S(=O)(=O)N3CC(C)OC(C)C3)cc2)cc1. The van der Waals surface area contributed by atoms with Gasteiger partial charge in [-0.1, -0.05) is 0 Å². The van der Waals surface area contributed by atoms with Gasteiger partial charge in [0.05, 0.1) is 30.8 Å². The molecule has 0 aliphatic carbocycles. The number of carbonyl (C=O) groups is 1. The third-order valence-electron chi connectivity index (χ3n) is 4.74. The van der Waals surface area contributed by atoms with Gasteiger partial charge in [-0.2, -0.15) is 4.31 Å². The Morgan fingerprint density at radius 3 is 2.21 bits per heavy atom. The van der Waals surface area contributed by atoms with Crippen LogP contribution in [0.1, 0.15) is 24.2 Å². The lowest BCUT2D eigenvalue weighted by molar-refractivity contribution is -0.0440. The summed E-state index contributed by atoms with van der Waals surface area (Å²) in [4.78, 5) is 12.5. The van der Waals surface area contributed by atoms with Gasteiger partial charge < -0.3 is 14.8 Å². The number of nitrogens with zero attached hydrogens (tertiary/aromatic N) is 1. The Morgan fingerprint density at radius 1 is 1.07 bits per heavy atom. The zero-order valence-electron chi connectivity index (χ0n) is 16.8. The fraction of sp³-hybridized carbons (Fsp3) is 0.381. The smallest absolute Gasteiger partial charge is 0.243 e. The van der Waals surface area contributed by atoms with Crippen LogP contribution in [0.5, 0.6) is 5.75 Å². The molecule has 8 heteroatoms. The molecule has 1 aliphatic rings. The molecular weight excluding hydrogens is 392 g/mol. The lowest BCUT2D eigenvalue weighted by atomic mass is 10.1. The maximum Gasteiger partial charge on any atom is 0.243 e. The Labute approximate surface area is 171 Å². The number of carbonyl (C=O) groups excluding carboxylic acids is 1. The first kappa shape index (κ1) is 21.3. The molecule has 7 nitrogen and oxygen atoms in total. The molecule has 0 saturated carbocycles. The summed E-state index contributed by atoms with van der Waals surface area (Å²) in [5.74, 6) is 0.621. The minimum Gasteiger partial charge on any atom is -0.497 e. The van der Waals surface area contributed by atoms with Crippen LogP contribution in [0.25, 0.3) is 0 Å². The van der Waals surface area contributed by atoms with E-state index in [2.05, 4.69) is 5.32 Å². The van der Waals surface area contributed by atoms with Crippen molar-refractivity contribution < 1.29 is 22.7 Å². The van der Waals surface area contributed by atoms with E-state index in [1.807, 2.05) is 13.8 Å². The largest absolute Gasteiger partial charge is 0.497 e. The lowest BCUT2D eigenvalue weighted by Gasteiger charge is -2.34. The van der Waals surface area contributed by atoms with Crippen LogP contribution in [0.15, 0.2) is 53.4 Å². The highest BCUT2D eigenvalue weighted by Gasteiger charge is 2.32. The highest BCUT2D eigenvalue weighted by atomic mass is 32.2. The Hall–Kier alpha value is -2.42. The molecule has 0 bridgehead atoms. The zero-order chi connectivity index (χ0) is 21.0. The first-order chi connectivity index (χ1) is 13.8. The standard InChI is InChI=1S/C21H26N2O5S/c1-15-13-23(14-16(2)28-15)29(25,26)20-10-6-18(7-11-20)22-12-21(24)17-4-8-19(27-3)9-5-17/h4-11,15-16,22H,12-14H2,1-3H3. The van der Waals surface area contributed by atoms with Crippen LogP contribution in [0.3, 0.4) is 0 Å². The minimum absolute atomic E-state index is 0.0688. The first-order valence-electron chi connectivity index (χ1n) is 9.46. The molecule has 0 radical (unpaired) electrons. The summed E-state index contributed by atoms with van der Waals surface area (Å²) in [7, 11) is -2.01. The second kappa shape index (κ2) is 8.94. The van der Waals surface area contributed by atoms with Crippen molar-refractivity contribution in [2.45, 2.75) is 31.0 Å². The Morgan fingerprint density at radius 2 is 1.66 bits per heavy atom. The van der Waals surface area contributed by atoms with Gasteiger partial charge in [0.2, 0.25) is 10.0 Å². The van der Waals surface area contributed by atoms with Gasteiger partial charge in [-0.25, -0.2) is 8.42 Å². The Balaban J connectivity index is 1.62. The van der Waals surface area contributed by atoms with Gasteiger partial charge in [-0.3, -0.25) is 4.79 Å². The number of nitrogens with one attached hydrogen (secondary N) is 1. The average molecular weight is 419 g/mol. The van der Waals surface area contributed by atoms with Crippen LogP contribution in [0.2, 0.25) is 0 Å². The van der Waals surface area contributed by atoms with E-state index in [0.717, 1.165) is 0 Å². The lowest BCUT2D eigenvalue weighted by Crippen LogP contribution is -2.48. The number of hydrogen-bond acceptors (Lipinski definition) is 6. The molecule has 1 aliphatic heterocycles. The highest BCUT2D eigenvalue weighted by Crippen LogP contribution is 2.22. The van der Waals surface area contributed by atoms with E-state index in [0.29, 0.717) is 30.1 Å². The molecule has 1 fully saturated rings. The highest BCUT2D eigenvalue weighted by molar-refractivity contribution is 7.89. The number of anilines is 1. The molecule has 156 valence electrons. The van der Waals surface area contributed by atoms with E-state index in [9.17, 15) is 13.2 Å². The van der Waals surface area contributed by atoms with Crippen molar-refractivity contribution in [3.8, 4) is 5.75 Å². The minimum atomic E-state index is -3.58. The molecule has 1 N–H and O–H groups in total. The predicted molar refractivity (Wildman–Crippen MR) is 111 cm³/mol. The van der Waals surface area contributed by atoms with Gasteiger partial charge in [0, 0.05) is 24.3 Å². The Bertz CT molecular complexity index is 932. The van der Waals surface area contributed by atoms with Crippen molar-refractivity contribution in [2.24, 2.45) is 0 Å². The number of hydrogen-bond donors (Lipinski definition) is 1. The quantitative estimate of drug-likeness (QED) is 0.696. The second-order valence-corrected chi connectivity index (χ2v) is 9.05. The van der Waals surface area contributed by atoms with Crippen molar-refractivity contribution in [1.29, 1.82) is 0 Å². The molecule has 29 heavy (non-hydrogen) atoms. The molecule has 0 spiro atoms. The van der Waals surface area contributed by atoms with Crippen LogP contribution in [-0.2, 0) is 14.8 Å². The number of morpholine rings is 1. The van der Waals surface area contributed by atoms with E-state index >= 15 is 0 Å². The first-order valence-corrected chi connectivity index (χ1v) is 10.9. The number of benzene rings is 2. The summed E-state index contributed by atoms with van der Waals surface area (Å²) in [5.41, 5.74) is 1.25. The van der Waals surface area contributed by atoms with E-state index in [-0.39, 0.29) is 29.4 Å². The molecule has 0 amide bonds.